The number of aromatic nitrogens is 3. The molecule has 3 rings (SSSR count). The highest BCUT2D eigenvalue weighted by atomic mass is 14.9. The lowest BCUT2D eigenvalue weighted by molar-refractivity contribution is 1.26. The Kier molecular flexibility index (Phi) is 1.77. The van der Waals surface area contributed by atoms with Crippen molar-refractivity contribution in [2.75, 3.05) is 0 Å². The lowest BCUT2D eigenvalue weighted by atomic mass is 10.2. The maximum absolute atomic E-state index is 8.79. The van der Waals surface area contributed by atoms with Gasteiger partial charge in [-0.25, -0.2) is 15.0 Å². The molecule has 0 aromatic carbocycles. The molecular formula is C12H6N4. The molecule has 16 heavy (non-hydrogen) atoms. The van der Waals surface area contributed by atoms with E-state index in [9.17, 15) is 0 Å². The van der Waals surface area contributed by atoms with Crippen LogP contribution in [0.1, 0.15) is 5.56 Å². The molecule has 0 bridgehead atoms. The Balaban J connectivity index is 2.43. The first-order valence-corrected chi connectivity index (χ1v) is 4.78. The van der Waals surface area contributed by atoms with Crippen LogP contribution in [0.15, 0.2) is 36.7 Å². The van der Waals surface area contributed by atoms with Crippen LogP contribution in [0.5, 0.6) is 0 Å². The Bertz CT molecular complexity index is 728. The number of hydrogen-bond donors (Lipinski definition) is 0. The number of fused-ring (bicyclic) bond motifs is 2. The van der Waals surface area contributed by atoms with E-state index < -0.39 is 0 Å². The first-order chi connectivity index (χ1) is 7.86. The number of nitriles is 1. The fourth-order valence-corrected chi connectivity index (χ4v) is 1.62. The summed E-state index contributed by atoms with van der Waals surface area (Å²) in [4.78, 5) is 12.6. The van der Waals surface area contributed by atoms with Crippen molar-refractivity contribution in [1.82, 2.24) is 15.0 Å². The Morgan fingerprint density at radius 2 is 1.94 bits per heavy atom. The van der Waals surface area contributed by atoms with E-state index in [-0.39, 0.29) is 0 Å². The molecule has 0 fully saturated rings. The number of rotatable bonds is 0. The molecular weight excluding hydrogens is 200 g/mol. The molecule has 0 amide bonds. The lowest BCUT2D eigenvalue weighted by Crippen LogP contribution is -1.89. The summed E-state index contributed by atoms with van der Waals surface area (Å²) in [6.07, 6.45) is 3.22. The second-order valence-electron chi connectivity index (χ2n) is 3.42. The van der Waals surface area contributed by atoms with Crippen LogP contribution in [-0.2, 0) is 0 Å². The Morgan fingerprint density at radius 3 is 2.81 bits per heavy atom. The molecule has 0 atom stereocenters. The maximum atomic E-state index is 8.79. The summed E-state index contributed by atoms with van der Waals surface area (Å²) in [7, 11) is 0. The molecule has 0 spiro atoms. The molecule has 0 aliphatic heterocycles. The highest BCUT2D eigenvalue weighted by Gasteiger charge is 2.02. The third-order valence-corrected chi connectivity index (χ3v) is 2.36. The first kappa shape index (κ1) is 8.74. The van der Waals surface area contributed by atoms with Crippen LogP contribution < -0.4 is 0 Å². The van der Waals surface area contributed by atoms with E-state index in [1.165, 1.54) is 6.20 Å². The van der Waals surface area contributed by atoms with Gasteiger partial charge in [0.15, 0.2) is 11.3 Å². The Hall–Kier alpha value is -2.54. The molecule has 4 heteroatoms. The molecule has 0 saturated heterocycles. The predicted octanol–water partition coefficient (Wildman–Crippen LogP) is 2.05. The second-order valence-corrected chi connectivity index (χ2v) is 3.42. The van der Waals surface area contributed by atoms with Gasteiger partial charge in [0, 0.05) is 23.2 Å². The van der Waals surface area contributed by atoms with Gasteiger partial charge in [0.05, 0.1) is 5.56 Å². The summed E-state index contributed by atoms with van der Waals surface area (Å²) in [6, 6.07) is 9.58. The third-order valence-electron chi connectivity index (χ3n) is 2.36. The molecule has 0 aliphatic rings. The first-order valence-electron chi connectivity index (χ1n) is 4.78. The van der Waals surface area contributed by atoms with Gasteiger partial charge < -0.3 is 0 Å². The Morgan fingerprint density at radius 1 is 1.06 bits per heavy atom. The summed E-state index contributed by atoms with van der Waals surface area (Å²) in [5.41, 5.74) is 1.83. The summed E-state index contributed by atoms with van der Waals surface area (Å²) >= 11 is 0. The average molecular weight is 206 g/mol. The highest BCUT2D eigenvalue weighted by Crippen LogP contribution is 2.16. The summed E-state index contributed by atoms with van der Waals surface area (Å²) in [6.45, 7) is 0. The quantitative estimate of drug-likeness (QED) is 0.528. The smallest absolute Gasteiger partial charge is 0.161 e. The zero-order valence-corrected chi connectivity index (χ0v) is 8.25. The van der Waals surface area contributed by atoms with Crippen LogP contribution in [0.2, 0.25) is 0 Å². The van der Waals surface area contributed by atoms with Gasteiger partial charge in [0.2, 0.25) is 0 Å². The second kappa shape index (κ2) is 3.24. The zero-order chi connectivity index (χ0) is 11.0. The van der Waals surface area contributed by atoms with Crippen LogP contribution in [0, 0.1) is 11.3 Å². The van der Waals surface area contributed by atoms with Gasteiger partial charge in [-0.1, -0.05) is 0 Å². The monoisotopic (exact) mass is 206 g/mol. The van der Waals surface area contributed by atoms with E-state index >= 15 is 0 Å². The fourth-order valence-electron chi connectivity index (χ4n) is 1.62. The molecule has 0 N–H and O–H groups in total. The van der Waals surface area contributed by atoms with E-state index in [1.54, 1.807) is 12.3 Å². The summed E-state index contributed by atoms with van der Waals surface area (Å²) in [5.74, 6) is 0. The fraction of sp³-hybridized carbons (Fsp3) is 0. The molecule has 0 saturated carbocycles. The molecule has 4 nitrogen and oxygen atoms in total. The Labute approximate surface area is 91.2 Å². The number of hydrogen-bond acceptors (Lipinski definition) is 4. The van der Waals surface area contributed by atoms with Crippen LogP contribution in [-0.4, -0.2) is 15.0 Å². The van der Waals surface area contributed by atoms with Crippen LogP contribution >= 0.6 is 0 Å². The summed E-state index contributed by atoms with van der Waals surface area (Å²) in [5, 5.41) is 10.6. The normalized spacial score (nSPS) is 10.4. The standard InChI is InChI=1S/C12H6N4/c13-6-8-4-10-5-9-2-1-3-14-11(9)16-12(10)15-7-8/h1-5,7H. The SMILES string of the molecule is N#Cc1cnc2nc3ncccc3cc2c1. The van der Waals surface area contributed by atoms with E-state index in [2.05, 4.69) is 21.0 Å². The van der Waals surface area contributed by atoms with Crippen molar-refractivity contribution < 1.29 is 0 Å². The molecule has 3 aromatic heterocycles. The van der Waals surface area contributed by atoms with Gasteiger partial charge in [-0.3, -0.25) is 0 Å². The van der Waals surface area contributed by atoms with Crippen molar-refractivity contribution in [1.29, 1.82) is 5.26 Å². The number of pyridine rings is 3. The highest BCUT2D eigenvalue weighted by molar-refractivity contribution is 5.89. The van der Waals surface area contributed by atoms with Gasteiger partial charge in [-0.2, -0.15) is 5.26 Å². The van der Waals surface area contributed by atoms with Crippen molar-refractivity contribution in [2.24, 2.45) is 0 Å². The predicted molar refractivity (Wildman–Crippen MR) is 59.6 cm³/mol. The van der Waals surface area contributed by atoms with Crippen molar-refractivity contribution in [3.8, 4) is 6.07 Å². The minimum Gasteiger partial charge on any atom is -0.237 e. The van der Waals surface area contributed by atoms with Crippen LogP contribution in [0.25, 0.3) is 22.1 Å². The number of nitrogens with zero attached hydrogens (tertiary/aromatic N) is 4. The van der Waals surface area contributed by atoms with E-state index in [4.69, 9.17) is 5.26 Å². The lowest BCUT2D eigenvalue weighted by Gasteiger charge is -1.99. The summed E-state index contributed by atoms with van der Waals surface area (Å²) < 4.78 is 0. The van der Waals surface area contributed by atoms with Crippen molar-refractivity contribution in [2.45, 2.75) is 0 Å². The van der Waals surface area contributed by atoms with Crippen molar-refractivity contribution >= 4 is 22.1 Å². The molecule has 0 aliphatic carbocycles. The molecule has 74 valence electrons. The maximum Gasteiger partial charge on any atom is 0.161 e. The van der Waals surface area contributed by atoms with E-state index in [1.807, 2.05) is 18.2 Å². The van der Waals surface area contributed by atoms with Crippen LogP contribution in [0.3, 0.4) is 0 Å². The largest absolute Gasteiger partial charge is 0.237 e. The molecule has 3 heterocycles. The van der Waals surface area contributed by atoms with Crippen LogP contribution in [0.4, 0.5) is 0 Å². The molecule has 3 aromatic rings. The minimum absolute atomic E-state index is 0.539. The minimum atomic E-state index is 0.539. The molecule has 0 radical (unpaired) electrons. The van der Waals surface area contributed by atoms with Crippen molar-refractivity contribution in [3.63, 3.8) is 0 Å². The van der Waals surface area contributed by atoms with Gasteiger partial charge in [0.1, 0.15) is 6.07 Å². The van der Waals surface area contributed by atoms with E-state index in [0.29, 0.717) is 16.9 Å². The zero-order valence-electron chi connectivity index (χ0n) is 8.25. The van der Waals surface area contributed by atoms with Gasteiger partial charge in [-0.15, -0.1) is 0 Å². The van der Waals surface area contributed by atoms with E-state index in [0.717, 1.165) is 10.8 Å². The van der Waals surface area contributed by atoms with Gasteiger partial charge in [-0.05, 0) is 24.3 Å². The van der Waals surface area contributed by atoms with Gasteiger partial charge >= 0.3 is 0 Å². The molecule has 0 unspecified atom stereocenters. The van der Waals surface area contributed by atoms with Gasteiger partial charge in [0.25, 0.3) is 0 Å². The average Bonchev–Trinajstić information content (AvgIpc) is 2.35. The van der Waals surface area contributed by atoms with Crippen molar-refractivity contribution in [3.05, 3.63) is 42.2 Å². The third kappa shape index (κ3) is 1.27. The topological polar surface area (TPSA) is 62.5 Å².